The van der Waals surface area contributed by atoms with E-state index in [0.29, 0.717) is 16.8 Å². The average molecular weight is 416 g/mol. The molecule has 1 atom stereocenters. The fourth-order valence-corrected chi connectivity index (χ4v) is 4.05. The number of hydrogen-bond acceptors (Lipinski definition) is 3. The molecule has 1 aliphatic rings. The van der Waals surface area contributed by atoms with Crippen molar-refractivity contribution in [2.75, 3.05) is 19.0 Å². The first kappa shape index (κ1) is 20.8. The number of amides is 1. The van der Waals surface area contributed by atoms with Gasteiger partial charge in [0.2, 0.25) is 0 Å². The van der Waals surface area contributed by atoms with Crippen molar-refractivity contribution >= 4 is 17.6 Å². The summed E-state index contributed by atoms with van der Waals surface area (Å²) in [6.45, 7) is 4.99. The molecule has 0 saturated heterocycles. The number of benzene rings is 3. The maximum absolute atomic E-state index is 12.7. The quantitative estimate of drug-likeness (QED) is 0.630. The Hall–Kier alpha value is -3.44. The number of ether oxygens (including phenoxy) is 1. The van der Waals surface area contributed by atoms with Crippen molar-refractivity contribution < 1.29 is 19.2 Å². The van der Waals surface area contributed by atoms with Crippen LogP contribution >= 0.6 is 0 Å². The molecule has 0 bridgehead atoms. The lowest BCUT2D eigenvalue weighted by molar-refractivity contribution is -0.929. The van der Waals surface area contributed by atoms with Crippen LogP contribution in [-0.4, -0.2) is 25.5 Å². The van der Waals surface area contributed by atoms with Crippen LogP contribution in [0.25, 0.3) is 0 Å². The first-order chi connectivity index (χ1) is 15.0. The van der Waals surface area contributed by atoms with Crippen molar-refractivity contribution in [2.24, 2.45) is 0 Å². The van der Waals surface area contributed by atoms with Gasteiger partial charge in [-0.25, -0.2) is 4.79 Å². The molecule has 0 aromatic heterocycles. The zero-order chi connectivity index (χ0) is 21.8. The Balaban J connectivity index is 1.40. The van der Waals surface area contributed by atoms with Gasteiger partial charge >= 0.3 is 5.97 Å². The first-order valence-electron chi connectivity index (χ1n) is 10.5. The van der Waals surface area contributed by atoms with Gasteiger partial charge in [-0.3, -0.25) is 4.79 Å². The number of esters is 1. The van der Waals surface area contributed by atoms with Crippen molar-refractivity contribution in [1.82, 2.24) is 0 Å². The molecule has 3 aromatic rings. The molecule has 1 unspecified atom stereocenters. The smallest absolute Gasteiger partial charge is 0.337 e. The van der Waals surface area contributed by atoms with Crippen molar-refractivity contribution in [3.8, 4) is 0 Å². The van der Waals surface area contributed by atoms with Crippen LogP contribution in [0.3, 0.4) is 0 Å². The molecule has 0 radical (unpaired) electrons. The van der Waals surface area contributed by atoms with Gasteiger partial charge in [0.1, 0.15) is 13.1 Å². The Labute approximate surface area is 182 Å². The zero-order valence-corrected chi connectivity index (χ0v) is 17.9. The molecule has 4 rings (SSSR count). The van der Waals surface area contributed by atoms with Crippen LogP contribution < -0.4 is 10.2 Å². The van der Waals surface area contributed by atoms with Crippen molar-refractivity contribution in [3.63, 3.8) is 0 Å². The fourth-order valence-electron chi connectivity index (χ4n) is 4.05. The van der Waals surface area contributed by atoms with E-state index in [1.54, 1.807) is 18.2 Å². The van der Waals surface area contributed by atoms with E-state index in [1.807, 2.05) is 31.2 Å². The van der Waals surface area contributed by atoms with E-state index in [9.17, 15) is 9.59 Å². The van der Waals surface area contributed by atoms with Crippen LogP contribution in [0.15, 0.2) is 66.7 Å². The summed E-state index contributed by atoms with van der Waals surface area (Å²) in [7, 11) is 1.34. The summed E-state index contributed by atoms with van der Waals surface area (Å²) >= 11 is 0. The van der Waals surface area contributed by atoms with Gasteiger partial charge in [-0.15, -0.1) is 0 Å². The Bertz CT molecular complexity index is 1110. The molecule has 1 amide bonds. The third-order valence-corrected chi connectivity index (χ3v) is 5.88. The summed E-state index contributed by atoms with van der Waals surface area (Å²) in [6, 6.07) is 21.6. The Kier molecular flexibility index (Phi) is 6.14. The van der Waals surface area contributed by atoms with Gasteiger partial charge in [0.25, 0.3) is 5.91 Å². The van der Waals surface area contributed by atoms with Gasteiger partial charge in [-0.2, -0.15) is 0 Å². The number of nitrogens with one attached hydrogen (secondary N) is 2. The van der Waals surface area contributed by atoms with E-state index in [-0.39, 0.29) is 5.91 Å². The van der Waals surface area contributed by atoms with Crippen LogP contribution in [0.2, 0.25) is 0 Å². The molecule has 0 spiro atoms. The van der Waals surface area contributed by atoms with E-state index in [0.717, 1.165) is 31.6 Å². The Morgan fingerprint density at radius 3 is 2.42 bits per heavy atom. The third-order valence-electron chi connectivity index (χ3n) is 5.88. The number of hydrogen-bond donors (Lipinski definition) is 2. The molecule has 0 fully saturated rings. The van der Waals surface area contributed by atoms with Crippen molar-refractivity contribution in [2.45, 2.75) is 26.4 Å². The van der Waals surface area contributed by atoms with Crippen molar-refractivity contribution in [3.05, 3.63) is 100 Å². The molecule has 1 heterocycles. The van der Waals surface area contributed by atoms with E-state index in [4.69, 9.17) is 4.74 Å². The molecule has 5 heteroatoms. The second kappa shape index (κ2) is 9.14. The summed E-state index contributed by atoms with van der Waals surface area (Å²) < 4.78 is 4.76. The summed E-state index contributed by atoms with van der Waals surface area (Å²) in [4.78, 5) is 26.0. The second-order valence-corrected chi connectivity index (χ2v) is 8.04. The van der Waals surface area contributed by atoms with E-state index in [1.165, 1.54) is 28.7 Å². The minimum absolute atomic E-state index is 0.198. The zero-order valence-electron chi connectivity index (χ0n) is 17.9. The monoisotopic (exact) mass is 415 g/mol. The second-order valence-electron chi connectivity index (χ2n) is 8.04. The maximum Gasteiger partial charge on any atom is 0.337 e. The summed E-state index contributed by atoms with van der Waals surface area (Å²) in [5.74, 6) is -0.626. The highest BCUT2D eigenvalue weighted by atomic mass is 16.5. The molecule has 5 nitrogen and oxygen atoms in total. The molecule has 3 aromatic carbocycles. The SMILES string of the molecule is COC(=O)c1ccc(C)c(NC(=O)c2ccc(C[NH+]3CCc4ccccc4C3)cc2)c1. The van der Waals surface area contributed by atoms with Crippen LogP contribution in [0, 0.1) is 6.92 Å². The fraction of sp³-hybridized carbons (Fsp3) is 0.231. The highest BCUT2D eigenvalue weighted by molar-refractivity contribution is 6.05. The van der Waals surface area contributed by atoms with Crippen LogP contribution in [0.5, 0.6) is 0 Å². The molecule has 0 saturated carbocycles. The Morgan fingerprint density at radius 1 is 0.968 bits per heavy atom. The van der Waals surface area contributed by atoms with Gasteiger partial charge < -0.3 is 15.0 Å². The van der Waals surface area contributed by atoms with Gasteiger partial charge in [-0.05, 0) is 42.3 Å². The van der Waals surface area contributed by atoms with Crippen LogP contribution in [0.4, 0.5) is 5.69 Å². The molecular weight excluding hydrogens is 388 g/mol. The summed E-state index contributed by atoms with van der Waals surface area (Å²) in [5.41, 5.74) is 6.60. The summed E-state index contributed by atoms with van der Waals surface area (Å²) in [6.07, 6.45) is 1.11. The van der Waals surface area contributed by atoms with Crippen LogP contribution in [0.1, 0.15) is 43.0 Å². The maximum atomic E-state index is 12.7. The topological polar surface area (TPSA) is 59.8 Å². The first-order valence-corrected chi connectivity index (χ1v) is 10.5. The number of aryl methyl sites for hydroxylation is 1. The molecule has 2 N–H and O–H groups in total. The lowest BCUT2D eigenvalue weighted by atomic mass is 9.99. The largest absolute Gasteiger partial charge is 0.465 e. The van der Waals surface area contributed by atoms with E-state index >= 15 is 0 Å². The molecule has 1 aliphatic heterocycles. The third kappa shape index (κ3) is 4.84. The number of carbonyl (C=O) groups is 2. The van der Waals surface area contributed by atoms with Crippen molar-refractivity contribution in [1.29, 1.82) is 0 Å². The molecular formula is C26H27N2O3+. The van der Waals surface area contributed by atoms with Gasteiger partial charge in [0, 0.05) is 28.8 Å². The number of fused-ring (bicyclic) bond motifs is 1. The highest BCUT2D eigenvalue weighted by Crippen LogP contribution is 2.19. The van der Waals surface area contributed by atoms with E-state index < -0.39 is 5.97 Å². The lowest BCUT2D eigenvalue weighted by Gasteiger charge is -2.26. The highest BCUT2D eigenvalue weighted by Gasteiger charge is 2.19. The predicted molar refractivity (Wildman–Crippen MR) is 120 cm³/mol. The van der Waals surface area contributed by atoms with Gasteiger partial charge in [-0.1, -0.05) is 42.5 Å². The number of rotatable bonds is 5. The van der Waals surface area contributed by atoms with E-state index in [2.05, 4.69) is 29.6 Å². The standard InChI is InChI=1S/C26H26N2O3/c1-18-7-10-22(26(30)31-2)15-24(18)27-25(29)21-11-8-19(9-12-21)16-28-14-13-20-5-3-4-6-23(20)17-28/h3-12,15H,13-14,16-17H2,1-2H3,(H,27,29)/p+1. The Morgan fingerprint density at radius 2 is 1.68 bits per heavy atom. The number of anilines is 1. The normalized spacial score (nSPS) is 15.1. The minimum Gasteiger partial charge on any atom is -0.465 e. The predicted octanol–water partition coefficient (Wildman–Crippen LogP) is 3.18. The minimum atomic E-state index is -0.428. The van der Waals surface area contributed by atoms with Gasteiger partial charge in [0.05, 0.1) is 19.2 Å². The number of carbonyl (C=O) groups excluding carboxylic acids is 2. The average Bonchev–Trinajstić information content (AvgIpc) is 2.80. The number of methoxy groups -OCH3 is 1. The summed E-state index contributed by atoms with van der Waals surface area (Å²) in [5, 5.41) is 2.91. The molecule has 158 valence electrons. The number of quaternary nitrogens is 1. The molecule has 31 heavy (non-hydrogen) atoms. The van der Waals surface area contributed by atoms with Crippen LogP contribution in [-0.2, 0) is 24.2 Å². The molecule has 0 aliphatic carbocycles. The van der Waals surface area contributed by atoms with Gasteiger partial charge in [0.15, 0.2) is 0 Å². The lowest BCUT2D eigenvalue weighted by Crippen LogP contribution is -3.10.